The van der Waals surface area contributed by atoms with Crippen LogP contribution in [0.25, 0.3) is 0 Å². The van der Waals surface area contributed by atoms with E-state index in [4.69, 9.17) is 4.74 Å². The lowest BCUT2D eigenvalue weighted by Crippen LogP contribution is -2.55. The number of fused-ring (bicyclic) bond motifs is 1. The molecule has 0 aromatic heterocycles. The van der Waals surface area contributed by atoms with Gasteiger partial charge in [-0.25, -0.2) is 0 Å². The van der Waals surface area contributed by atoms with Gasteiger partial charge in [0.25, 0.3) is 0 Å². The van der Waals surface area contributed by atoms with Crippen LogP contribution in [0.4, 0.5) is 0 Å². The van der Waals surface area contributed by atoms with Crippen LogP contribution >= 0.6 is 0 Å². The van der Waals surface area contributed by atoms with Gasteiger partial charge in [0.1, 0.15) is 0 Å². The van der Waals surface area contributed by atoms with E-state index in [-0.39, 0.29) is 12.0 Å². The van der Waals surface area contributed by atoms with Crippen LogP contribution in [0, 0.1) is 11.3 Å². The van der Waals surface area contributed by atoms with Gasteiger partial charge in [0.2, 0.25) is 0 Å². The average molecular weight is 282 g/mol. The van der Waals surface area contributed by atoms with Gasteiger partial charge in [-0.1, -0.05) is 0 Å². The van der Waals surface area contributed by atoms with Crippen LogP contribution in [0.3, 0.4) is 0 Å². The van der Waals surface area contributed by atoms with Gasteiger partial charge < -0.3 is 19.6 Å². The first-order valence-corrected chi connectivity index (χ1v) is 8.34. The SMILES string of the molecule is CN1CCCC2CN(CC3(CO)CCCOC3)CCC21. The number of ether oxygens (including phenoxy) is 1. The van der Waals surface area contributed by atoms with E-state index in [0.717, 1.165) is 44.6 Å². The molecule has 3 rings (SSSR count). The Morgan fingerprint density at radius 1 is 1.25 bits per heavy atom. The first-order valence-electron chi connectivity index (χ1n) is 8.34. The minimum absolute atomic E-state index is 0.00561. The molecule has 3 heterocycles. The molecule has 3 aliphatic heterocycles. The van der Waals surface area contributed by atoms with Crippen molar-refractivity contribution in [3.63, 3.8) is 0 Å². The van der Waals surface area contributed by atoms with Gasteiger partial charge in [0.15, 0.2) is 0 Å². The summed E-state index contributed by atoms with van der Waals surface area (Å²) in [6, 6.07) is 0.799. The largest absolute Gasteiger partial charge is 0.396 e. The van der Waals surface area contributed by atoms with Gasteiger partial charge in [-0.15, -0.1) is 0 Å². The van der Waals surface area contributed by atoms with Crippen molar-refractivity contribution in [2.24, 2.45) is 11.3 Å². The Morgan fingerprint density at radius 2 is 2.15 bits per heavy atom. The van der Waals surface area contributed by atoms with Crippen molar-refractivity contribution >= 4 is 0 Å². The van der Waals surface area contributed by atoms with E-state index in [1.165, 1.54) is 38.9 Å². The molecule has 3 saturated heterocycles. The van der Waals surface area contributed by atoms with Gasteiger partial charge in [-0.05, 0) is 58.2 Å². The normalized spacial score (nSPS) is 40.5. The topological polar surface area (TPSA) is 35.9 Å². The highest BCUT2D eigenvalue weighted by atomic mass is 16.5. The molecule has 0 spiro atoms. The van der Waals surface area contributed by atoms with Crippen LogP contribution in [-0.2, 0) is 4.74 Å². The molecule has 0 saturated carbocycles. The Morgan fingerprint density at radius 3 is 2.90 bits per heavy atom. The maximum atomic E-state index is 9.83. The molecule has 116 valence electrons. The first kappa shape index (κ1) is 14.8. The van der Waals surface area contributed by atoms with E-state index in [9.17, 15) is 5.11 Å². The Hall–Kier alpha value is -0.160. The second kappa shape index (κ2) is 6.30. The fraction of sp³-hybridized carbons (Fsp3) is 1.00. The molecule has 0 bridgehead atoms. The van der Waals surface area contributed by atoms with Crippen molar-refractivity contribution in [2.75, 3.05) is 53.0 Å². The summed E-state index contributed by atoms with van der Waals surface area (Å²) in [5, 5.41) is 9.83. The van der Waals surface area contributed by atoms with E-state index in [1.807, 2.05) is 0 Å². The molecule has 0 radical (unpaired) electrons. The third-order valence-electron chi connectivity index (χ3n) is 5.73. The zero-order chi connectivity index (χ0) is 14.0. The molecule has 0 amide bonds. The van der Waals surface area contributed by atoms with Gasteiger partial charge in [-0.2, -0.15) is 0 Å². The van der Waals surface area contributed by atoms with Gasteiger partial charge >= 0.3 is 0 Å². The third kappa shape index (κ3) is 3.03. The number of aliphatic hydroxyl groups excluding tert-OH is 1. The molecule has 0 aliphatic carbocycles. The molecule has 20 heavy (non-hydrogen) atoms. The van der Waals surface area contributed by atoms with E-state index >= 15 is 0 Å². The summed E-state index contributed by atoms with van der Waals surface area (Å²) in [7, 11) is 2.29. The number of aliphatic hydroxyl groups is 1. The Kier molecular flexibility index (Phi) is 4.65. The standard InChI is InChI=1S/C16H30N2O2/c1-17-7-2-4-14-10-18(8-5-15(14)17)11-16(12-19)6-3-9-20-13-16/h14-15,19H,2-13H2,1H3. The molecule has 3 unspecified atom stereocenters. The van der Waals surface area contributed by atoms with Gasteiger partial charge in [0, 0.05) is 31.2 Å². The van der Waals surface area contributed by atoms with Crippen LogP contribution in [-0.4, -0.2) is 74.0 Å². The number of hydrogen-bond acceptors (Lipinski definition) is 4. The predicted molar refractivity (Wildman–Crippen MR) is 79.8 cm³/mol. The predicted octanol–water partition coefficient (Wildman–Crippen LogP) is 1.19. The van der Waals surface area contributed by atoms with E-state index in [0.29, 0.717) is 0 Å². The minimum atomic E-state index is 0.00561. The third-order valence-corrected chi connectivity index (χ3v) is 5.73. The number of nitrogens with zero attached hydrogens (tertiary/aromatic N) is 2. The molecule has 0 aromatic rings. The Bertz CT molecular complexity index is 318. The summed E-state index contributed by atoms with van der Waals surface area (Å²) >= 11 is 0. The minimum Gasteiger partial charge on any atom is -0.396 e. The lowest BCUT2D eigenvalue weighted by molar-refractivity contribution is -0.0672. The van der Waals surface area contributed by atoms with Crippen molar-refractivity contribution in [1.29, 1.82) is 0 Å². The van der Waals surface area contributed by atoms with Crippen LogP contribution in [0.15, 0.2) is 0 Å². The van der Waals surface area contributed by atoms with Gasteiger partial charge in [0.05, 0.1) is 13.2 Å². The summed E-state index contributed by atoms with van der Waals surface area (Å²) in [6.45, 7) is 6.60. The second-order valence-corrected chi connectivity index (χ2v) is 7.29. The van der Waals surface area contributed by atoms with E-state index < -0.39 is 0 Å². The monoisotopic (exact) mass is 282 g/mol. The molecule has 3 fully saturated rings. The molecule has 4 heteroatoms. The van der Waals surface area contributed by atoms with E-state index in [2.05, 4.69) is 16.8 Å². The van der Waals surface area contributed by atoms with Crippen molar-refractivity contribution < 1.29 is 9.84 Å². The highest BCUT2D eigenvalue weighted by molar-refractivity contribution is 4.92. The summed E-state index contributed by atoms with van der Waals surface area (Å²) in [4.78, 5) is 5.17. The quantitative estimate of drug-likeness (QED) is 0.843. The molecule has 4 nitrogen and oxygen atoms in total. The number of piperidine rings is 2. The van der Waals surface area contributed by atoms with Crippen molar-refractivity contribution in [3.8, 4) is 0 Å². The lowest BCUT2D eigenvalue weighted by atomic mass is 9.80. The maximum Gasteiger partial charge on any atom is 0.0556 e. The lowest BCUT2D eigenvalue weighted by Gasteiger charge is -2.48. The fourth-order valence-electron chi connectivity index (χ4n) is 4.56. The van der Waals surface area contributed by atoms with Crippen molar-refractivity contribution in [3.05, 3.63) is 0 Å². The fourth-order valence-corrected chi connectivity index (χ4v) is 4.56. The first-order chi connectivity index (χ1) is 9.72. The molecular formula is C16H30N2O2. The maximum absolute atomic E-state index is 9.83. The number of likely N-dealkylation sites (tertiary alicyclic amines) is 2. The van der Waals surface area contributed by atoms with Crippen LogP contribution in [0.1, 0.15) is 32.1 Å². The molecule has 3 aliphatic rings. The zero-order valence-electron chi connectivity index (χ0n) is 12.9. The second-order valence-electron chi connectivity index (χ2n) is 7.29. The number of rotatable bonds is 3. The summed E-state index contributed by atoms with van der Waals surface area (Å²) < 4.78 is 5.65. The van der Waals surface area contributed by atoms with Gasteiger partial charge in [-0.3, -0.25) is 0 Å². The molecule has 0 aromatic carbocycles. The average Bonchev–Trinajstić information content (AvgIpc) is 2.48. The Balaban J connectivity index is 1.58. The number of hydrogen-bond donors (Lipinski definition) is 1. The van der Waals surface area contributed by atoms with Crippen LogP contribution in [0.5, 0.6) is 0 Å². The molecule has 1 N–H and O–H groups in total. The summed E-state index contributed by atoms with van der Waals surface area (Å²) in [5.74, 6) is 0.836. The smallest absolute Gasteiger partial charge is 0.0556 e. The van der Waals surface area contributed by atoms with Crippen molar-refractivity contribution in [2.45, 2.75) is 38.1 Å². The zero-order valence-corrected chi connectivity index (χ0v) is 12.9. The highest BCUT2D eigenvalue weighted by Gasteiger charge is 2.39. The van der Waals surface area contributed by atoms with Crippen LogP contribution in [0.2, 0.25) is 0 Å². The molecule has 3 atom stereocenters. The Labute approximate surface area is 123 Å². The molecular weight excluding hydrogens is 252 g/mol. The summed E-state index contributed by atoms with van der Waals surface area (Å²) in [5.41, 5.74) is 0.00561. The highest BCUT2D eigenvalue weighted by Crippen LogP contribution is 2.34. The van der Waals surface area contributed by atoms with Crippen molar-refractivity contribution in [1.82, 2.24) is 9.80 Å². The van der Waals surface area contributed by atoms with Crippen LogP contribution < -0.4 is 0 Å². The summed E-state index contributed by atoms with van der Waals surface area (Å²) in [6.07, 6.45) is 6.24. The van der Waals surface area contributed by atoms with E-state index in [1.54, 1.807) is 0 Å².